The molecular weight excluding hydrogens is 258 g/mol. The minimum absolute atomic E-state index is 0.124. The standard InChI is InChI=1S/C14H23N3O3/c1-9(2)5-6-16-8-11(7-15)13(18)17-12(10(3)4)14(19)20/h8-10,12,16H,5-6H2,1-4H3,(H,17,18)(H,19,20)/b11-8-. The third kappa shape index (κ3) is 6.78. The number of carbonyl (C=O) groups excluding carboxylic acids is 1. The number of carbonyl (C=O) groups is 2. The number of carboxylic acid groups (broad SMARTS) is 1. The Morgan fingerprint density at radius 2 is 1.90 bits per heavy atom. The first-order valence-corrected chi connectivity index (χ1v) is 6.66. The number of hydrogen-bond acceptors (Lipinski definition) is 4. The van der Waals surface area contributed by atoms with Crippen molar-refractivity contribution in [3.05, 3.63) is 11.8 Å². The van der Waals surface area contributed by atoms with Crippen LogP contribution in [0.2, 0.25) is 0 Å². The van der Waals surface area contributed by atoms with Gasteiger partial charge < -0.3 is 15.7 Å². The van der Waals surface area contributed by atoms with Gasteiger partial charge in [0.25, 0.3) is 5.91 Å². The highest BCUT2D eigenvalue weighted by Crippen LogP contribution is 2.03. The number of hydrogen-bond donors (Lipinski definition) is 3. The SMILES string of the molecule is CC(C)CCN/C=C(/C#N)C(=O)NC(C(=O)O)C(C)C. The molecule has 3 N–H and O–H groups in total. The molecule has 0 heterocycles. The Bertz CT molecular complexity index is 408. The Labute approximate surface area is 119 Å². The second kappa shape index (κ2) is 8.97. The molecule has 0 aliphatic carbocycles. The lowest BCUT2D eigenvalue weighted by Gasteiger charge is -2.17. The monoisotopic (exact) mass is 281 g/mol. The van der Waals surface area contributed by atoms with Gasteiger partial charge in [-0.2, -0.15) is 5.26 Å². The molecule has 112 valence electrons. The Hall–Kier alpha value is -2.03. The van der Waals surface area contributed by atoms with Gasteiger partial charge in [-0.25, -0.2) is 4.79 Å². The van der Waals surface area contributed by atoms with Gasteiger partial charge in [0.15, 0.2) is 0 Å². The molecule has 1 unspecified atom stereocenters. The van der Waals surface area contributed by atoms with Crippen LogP contribution in [0.25, 0.3) is 0 Å². The van der Waals surface area contributed by atoms with Gasteiger partial charge in [0.1, 0.15) is 17.7 Å². The van der Waals surface area contributed by atoms with Gasteiger partial charge in [0, 0.05) is 12.7 Å². The summed E-state index contributed by atoms with van der Waals surface area (Å²) in [4.78, 5) is 22.8. The average molecular weight is 281 g/mol. The molecule has 0 rings (SSSR count). The van der Waals surface area contributed by atoms with Crippen LogP contribution in [-0.4, -0.2) is 29.6 Å². The van der Waals surface area contributed by atoms with E-state index < -0.39 is 17.9 Å². The van der Waals surface area contributed by atoms with Crippen LogP contribution >= 0.6 is 0 Å². The van der Waals surface area contributed by atoms with E-state index in [1.54, 1.807) is 19.9 Å². The van der Waals surface area contributed by atoms with Crippen molar-refractivity contribution in [3.8, 4) is 6.07 Å². The molecule has 0 fully saturated rings. The van der Waals surface area contributed by atoms with E-state index in [9.17, 15) is 9.59 Å². The van der Waals surface area contributed by atoms with Crippen LogP contribution in [0.1, 0.15) is 34.1 Å². The summed E-state index contributed by atoms with van der Waals surface area (Å²) in [6.45, 7) is 8.18. The molecule has 1 atom stereocenters. The van der Waals surface area contributed by atoms with E-state index in [1.165, 1.54) is 6.20 Å². The van der Waals surface area contributed by atoms with Crippen molar-refractivity contribution >= 4 is 11.9 Å². The van der Waals surface area contributed by atoms with Crippen LogP contribution in [0.15, 0.2) is 11.8 Å². The van der Waals surface area contributed by atoms with Gasteiger partial charge in [0.05, 0.1) is 0 Å². The van der Waals surface area contributed by atoms with E-state index in [1.807, 2.05) is 0 Å². The zero-order valence-electron chi connectivity index (χ0n) is 12.4. The van der Waals surface area contributed by atoms with E-state index in [-0.39, 0.29) is 11.5 Å². The molecule has 0 aliphatic heterocycles. The van der Waals surface area contributed by atoms with E-state index in [0.29, 0.717) is 12.5 Å². The number of nitrogens with one attached hydrogen (secondary N) is 2. The lowest BCUT2D eigenvalue weighted by Crippen LogP contribution is -2.44. The number of carboxylic acids is 1. The minimum Gasteiger partial charge on any atom is -0.480 e. The van der Waals surface area contributed by atoms with E-state index in [0.717, 1.165) is 6.42 Å². The molecule has 0 spiro atoms. The van der Waals surface area contributed by atoms with Crippen LogP contribution in [0.4, 0.5) is 0 Å². The zero-order chi connectivity index (χ0) is 15.7. The second-order valence-corrected chi connectivity index (χ2v) is 5.34. The van der Waals surface area contributed by atoms with Crippen LogP contribution in [0.5, 0.6) is 0 Å². The fourth-order valence-electron chi connectivity index (χ4n) is 1.43. The Balaban J connectivity index is 4.58. The maximum absolute atomic E-state index is 11.8. The first kappa shape index (κ1) is 18.0. The molecule has 0 aromatic heterocycles. The molecule has 0 radical (unpaired) electrons. The molecule has 0 aromatic rings. The van der Waals surface area contributed by atoms with Gasteiger partial charge in [-0.3, -0.25) is 4.79 Å². The fourth-order valence-corrected chi connectivity index (χ4v) is 1.43. The number of amides is 1. The first-order chi connectivity index (χ1) is 9.29. The molecule has 6 heteroatoms. The molecule has 0 aliphatic rings. The molecule has 6 nitrogen and oxygen atoms in total. The molecule has 0 aromatic carbocycles. The minimum atomic E-state index is -1.11. The van der Waals surface area contributed by atoms with Crippen molar-refractivity contribution in [3.63, 3.8) is 0 Å². The summed E-state index contributed by atoms with van der Waals surface area (Å²) in [5.41, 5.74) is -0.124. The van der Waals surface area contributed by atoms with Gasteiger partial charge >= 0.3 is 5.97 Å². The summed E-state index contributed by atoms with van der Waals surface area (Å²) >= 11 is 0. The number of nitrogens with zero attached hydrogens (tertiary/aromatic N) is 1. The largest absolute Gasteiger partial charge is 0.480 e. The van der Waals surface area contributed by atoms with E-state index in [2.05, 4.69) is 24.5 Å². The van der Waals surface area contributed by atoms with Crippen molar-refractivity contribution in [2.75, 3.05) is 6.54 Å². The predicted molar refractivity (Wildman–Crippen MR) is 75.6 cm³/mol. The molecule has 0 saturated heterocycles. The Morgan fingerprint density at radius 3 is 2.30 bits per heavy atom. The van der Waals surface area contributed by atoms with Gasteiger partial charge in [0.2, 0.25) is 0 Å². The van der Waals surface area contributed by atoms with Crippen molar-refractivity contribution in [1.29, 1.82) is 5.26 Å². The maximum atomic E-state index is 11.8. The molecule has 0 saturated carbocycles. The van der Waals surface area contributed by atoms with E-state index >= 15 is 0 Å². The maximum Gasteiger partial charge on any atom is 0.326 e. The lowest BCUT2D eigenvalue weighted by molar-refractivity contribution is -0.142. The molecular formula is C14H23N3O3. The van der Waals surface area contributed by atoms with Crippen molar-refractivity contribution < 1.29 is 14.7 Å². The van der Waals surface area contributed by atoms with Gasteiger partial charge in [-0.1, -0.05) is 27.7 Å². The zero-order valence-corrected chi connectivity index (χ0v) is 12.4. The topological polar surface area (TPSA) is 102 Å². The van der Waals surface area contributed by atoms with Crippen molar-refractivity contribution in [1.82, 2.24) is 10.6 Å². The highest BCUT2D eigenvalue weighted by atomic mass is 16.4. The quantitative estimate of drug-likeness (QED) is 0.353. The molecule has 1 amide bonds. The summed E-state index contributed by atoms with van der Waals surface area (Å²) in [6, 6.07) is 0.762. The predicted octanol–water partition coefficient (Wildman–Crippen LogP) is 1.25. The highest BCUT2D eigenvalue weighted by Gasteiger charge is 2.24. The van der Waals surface area contributed by atoms with Crippen LogP contribution in [-0.2, 0) is 9.59 Å². The lowest BCUT2D eigenvalue weighted by atomic mass is 10.0. The number of rotatable bonds is 8. The second-order valence-electron chi connectivity index (χ2n) is 5.34. The summed E-state index contributed by atoms with van der Waals surface area (Å²) in [5, 5.41) is 23.2. The molecule has 0 bridgehead atoms. The van der Waals surface area contributed by atoms with Crippen molar-refractivity contribution in [2.45, 2.75) is 40.2 Å². The summed E-state index contributed by atoms with van der Waals surface area (Å²) in [5.74, 6) is -1.53. The normalized spacial score (nSPS) is 12.9. The third-order valence-corrected chi connectivity index (χ3v) is 2.70. The Morgan fingerprint density at radius 1 is 1.30 bits per heavy atom. The summed E-state index contributed by atoms with van der Waals surface area (Å²) in [6.07, 6.45) is 2.25. The average Bonchev–Trinajstić information content (AvgIpc) is 2.34. The smallest absolute Gasteiger partial charge is 0.326 e. The van der Waals surface area contributed by atoms with Gasteiger partial charge in [-0.15, -0.1) is 0 Å². The highest BCUT2D eigenvalue weighted by molar-refractivity contribution is 5.99. The first-order valence-electron chi connectivity index (χ1n) is 6.66. The number of aliphatic carboxylic acids is 1. The third-order valence-electron chi connectivity index (χ3n) is 2.70. The summed E-state index contributed by atoms with van der Waals surface area (Å²) in [7, 11) is 0. The Kier molecular flexibility index (Phi) is 8.06. The van der Waals surface area contributed by atoms with Crippen LogP contribution in [0, 0.1) is 23.2 Å². The van der Waals surface area contributed by atoms with Crippen LogP contribution in [0.3, 0.4) is 0 Å². The van der Waals surface area contributed by atoms with E-state index in [4.69, 9.17) is 10.4 Å². The van der Waals surface area contributed by atoms with Crippen molar-refractivity contribution in [2.24, 2.45) is 11.8 Å². The van der Waals surface area contributed by atoms with Crippen LogP contribution < -0.4 is 10.6 Å². The summed E-state index contributed by atoms with van der Waals surface area (Å²) < 4.78 is 0. The molecule has 20 heavy (non-hydrogen) atoms. The van der Waals surface area contributed by atoms with Gasteiger partial charge in [-0.05, 0) is 18.3 Å². The fraction of sp³-hybridized carbons (Fsp3) is 0.643. The number of nitriles is 1.